The van der Waals surface area contributed by atoms with Gasteiger partial charge in [0.2, 0.25) is 0 Å². The van der Waals surface area contributed by atoms with Gasteiger partial charge in [0.05, 0.1) is 11.5 Å². The minimum atomic E-state index is -0.0447. The summed E-state index contributed by atoms with van der Waals surface area (Å²) in [5.41, 5.74) is 1.16. The summed E-state index contributed by atoms with van der Waals surface area (Å²) < 4.78 is 0. The van der Waals surface area contributed by atoms with Gasteiger partial charge in [0, 0.05) is 25.5 Å². The molecule has 0 aromatic carbocycles. The van der Waals surface area contributed by atoms with Gasteiger partial charge in [-0.25, -0.2) is 0 Å². The lowest BCUT2D eigenvalue weighted by Crippen LogP contribution is -2.25. The fourth-order valence-electron chi connectivity index (χ4n) is 1.83. The molecule has 15 heavy (non-hydrogen) atoms. The van der Waals surface area contributed by atoms with Gasteiger partial charge in [0.25, 0.3) is 0 Å². The quantitative estimate of drug-likeness (QED) is 0.746. The molecule has 0 spiro atoms. The van der Waals surface area contributed by atoms with Crippen molar-refractivity contribution in [2.45, 2.75) is 19.4 Å². The second-order valence-electron chi connectivity index (χ2n) is 4.43. The molecule has 3 heteroatoms. The van der Waals surface area contributed by atoms with Crippen LogP contribution < -0.4 is 0 Å². The first-order chi connectivity index (χ1) is 7.24. The molecule has 2 rings (SSSR count). The van der Waals surface area contributed by atoms with Crippen LogP contribution in [0.4, 0.5) is 0 Å². The molecule has 0 atom stereocenters. The first-order valence-corrected chi connectivity index (χ1v) is 5.23. The topological polar surface area (TPSA) is 39.9 Å². The van der Waals surface area contributed by atoms with Crippen molar-refractivity contribution in [1.29, 1.82) is 5.26 Å². The number of aromatic nitrogens is 1. The van der Waals surface area contributed by atoms with Crippen molar-refractivity contribution in [2.75, 3.05) is 13.6 Å². The summed E-state index contributed by atoms with van der Waals surface area (Å²) in [6.45, 7) is 1.75. The Kier molecular flexibility index (Phi) is 2.70. The number of nitrogens with zero attached hydrogens (tertiary/aromatic N) is 3. The van der Waals surface area contributed by atoms with E-state index in [9.17, 15) is 0 Å². The zero-order valence-electron chi connectivity index (χ0n) is 8.98. The smallest absolute Gasteiger partial charge is 0.0703 e. The van der Waals surface area contributed by atoms with Crippen LogP contribution in [-0.4, -0.2) is 23.5 Å². The maximum Gasteiger partial charge on any atom is 0.0703 e. The third-order valence-electron chi connectivity index (χ3n) is 2.84. The van der Waals surface area contributed by atoms with E-state index in [2.05, 4.69) is 29.1 Å². The summed E-state index contributed by atoms with van der Waals surface area (Å²) in [6, 6.07) is 6.42. The molecular formula is C12H15N3. The first kappa shape index (κ1) is 10.1. The van der Waals surface area contributed by atoms with Crippen molar-refractivity contribution in [1.82, 2.24) is 9.88 Å². The zero-order chi connectivity index (χ0) is 10.7. The molecule has 1 fully saturated rings. The number of pyridine rings is 1. The molecule has 1 aliphatic rings. The molecule has 1 aromatic heterocycles. The zero-order valence-corrected chi connectivity index (χ0v) is 8.98. The lowest BCUT2D eigenvalue weighted by Gasteiger charge is -2.18. The molecule has 0 aliphatic heterocycles. The van der Waals surface area contributed by atoms with Crippen molar-refractivity contribution in [3.63, 3.8) is 0 Å². The summed E-state index contributed by atoms with van der Waals surface area (Å²) >= 11 is 0. The summed E-state index contributed by atoms with van der Waals surface area (Å²) in [7, 11) is 2.06. The maximum absolute atomic E-state index is 8.98. The molecule has 0 bridgehead atoms. The fraction of sp³-hybridized carbons (Fsp3) is 0.500. The van der Waals surface area contributed by atoms with Gasteiger partial charge in [-0.15, -0.1) is 0 Å². The van der Waals surface area contributed by atoms with E-state index in [1.165, 1.54) is 5.56 Å². The van der Waals surface area contributed by atoms with Crippen LogP contribution in [0, 0.1) is 16.7 Å². The third-order valence-corrected chi connectivity index (χ3v) is 2.84. The van der Waals surface area contributed by atoms with Crippen molar-refractivity contribution >= 4 is 0 Å². The highest BCUT2D eigenvalue weighted by atomic mass is 15.1. The van der Waals surface area contributed by atoms with Gasteiger partial charge in [0.15, 0.2) is 0 Å². The van der Waals surface area contributed by atoms with E-state index >= 15 is 0 Å². The number of nitriles is 1. The van der Waals surface area contributed by atoms with Crippen LogP contribution in [-0.2, 0) is 6.54 Å². The Morgan fingerprint density at radius 1 is 1.60 bits per heavy atom. The summed E-state index contributed by atoms with van der Waals surface area (Å²) in [4.78, 5) is 6.28. The largest absolute Gasteiger partial charge is 0.300 e. The lowest BCUT2D eigenvalue weighted by atomic mass is 10.1. The Balaban J connectivity index is 1.88. The van der Waals surface area contributed by atoms with Crippen LogP contribution in [0.2, 0.25) is 0 Å². The average Bonchev–Trinajstić information content (AvgIpc) is 3.00. The maximum atomic E-state index is 8.98. The molecule has 0 saturated heterocycles. The van der Waals surface area contributed by atoms with Gasteiger partial charge in [0.1, 0.15) is 0 Å². The Morgan fingerprint density at radius 3 is 2.93 bits per heavy atom. The fourth-order valence-corrected chi connectivity index (χ4v) is 1.83. The standard InChI is InChI=1S/C12H15N3/c1-15(10-12(9-13)4-5-12)8-11-3-2-6-14-7-11/h2-3,6-7H,4-5,8,10H2,1H3. The highest BCUT2D eigenvalue weighted by Gasteiger charge is 2.43. The van der Waals surface area contributed by atoms with Crippen LogP contribution in [0.5, 0.6) is 0 Å². The first-order valence-electron chi connectivity index (χ1n) is 5.23. The minimum absolute atomic E-state index is 0.0447. The van der Waals surface area contributed by atoms with E-state index in [0.29, 0.717) is 0 Å². The summed E-state index contributed by atoms with van der Waals surface area (Å²) in [5.74, 6) is 0. The normalized spacial score (nSPS) is 17.4. The Bertz CT molecular complexity index is 362. The highest BCUT2D eigenvalue weighted by molar-refractivity contribution is 5.12. The van der Waals surface area contributed by atoms with E-state index in [0.717, 1.165) is 25.9 Å². The molecule has 3 nitrogen and oxygen atoms in total. The van der Waals surface area contributed by atoms with Crippen LogP contribution in [0.1, 0.15) is 18.4 Å². The molecule has 0 unspecified atom stereocenters. The lowest BCUT2D eigenvalue weighted by molar-refractivity contribution is 0.286. The Hall–Kier alpha value is -1.40. The van der Waals surface area contributed by atoms with Gasteiger partial charge in [-0.1, -0.05) is 6.07 Å². The molecule has 0 N–H and O–H groups in total. The summed E-state index contributed by atoms with van der Waals surface area (Å²) in [5, 5.41) is 8.98. The number of hydrogen-bond acceptors (Lipinski definition) is 3. The Morgan fingerprint density at radius 2 is 2.40 bits per heavy atom. The highest BCUT2D eigenvalue weighted by Crippen LogP contribution is 2.45. The van der Waals surface area contributed by atoms with Crippen LogP contribution in [0.15, 0.2) is 24.5 Å². The van der Waals surface area contributed by atoms with Gasteiger partial charge < -0.3 is 4.90 Å². The van der Waals surface area contributed by atoms with Crippen LogP contribution >= 0.6 is 0 Å². The SMILES string of the molecule is CN(Cc1cccnc1)CC1(C#N)CC1. The van der Waals surface area contributed by atoms with E-state index in [1.54, 1.807) is 6.20 Å². The van der Waals surface area contributed by atoms with Gasteiger partial charge >= 0.3 is 0 Å². The van der Waals surface area contributed by atoms with Crippen molar-refractivity contribution in [3.8, 4) is 6.07 Å². The molecule has 78 valence electrons. The molecule has 1 heterocycles. The van der Waals surface area contributed by atoms with Crippen molar-refractivity contribution in [3.05, 3.63) is 30.1 Å². The minimum Gasteiger partial charge on any atom is -0.300 e. The van der Waals surface area contributed by atoms with E-state index in [4.69, 9.17) is 5.26 Å². The van der Waals surface area contributed by atoms with Crippen LogP contribution in [0.25, 0.3) is 0 Å². The van der Waals surface area contributed by atoms with Crippen molar-refractivity contribution < 1.29 is 0 Å². The number of hydrogen-bond donors (Lipinski definition) is 0. The van der Waals surface area contributed by atoms with Gasteiger partial charge in [-0.2, -0.15) is 5.26 Å². The molecule has 1 saturated carbocycles. The van der Waals surface area contributed by atoms with Gasteiger partial charge in [-0.3, -0.25) is 4.98 Å². The van der Waals surface area contributed by atoms with Gasteiger partial charge in [-0.05, 0) is 31.5 Å². The molecule has 1 aromatic rings. The monoisotopic (exact) mass is 201 g/mol. The number of rotatable bonds is 4. The summed E-state index contributed by atoms with van der Waals surface area (Å²) in [6.07, 6.45) is 5.77. The average molecular weight is 201 g/mol. The van der Waals surface area contributed by atoms with Crippen molar-refractivity contribution in [2.24, 2.45) is 5.41 Å². The van der Waals surface area contributed by atoms with Crippen LogP contribution in [0.3, 0.4) is 0 Å². The molecule has 0 amide bonds. The molecular weight excluding hydrogens is 186 g/mol. The predicted octanol–water partition coefficient (Wildman–Crippen LogP) is 1.82. The third kappa shape index (κ3) is 2.54. The van der Waals surface area contributed by atoms with E-state index in [1.807, 2.05) is 12.3 Å². The second-order valence-corrected chi connectivity index (χ2v) is 4.43. The predicted molar refractivity (Wildman–Crippen MR) is 57.9 cm³/mol. The second kappa shape index (κ2) is 4.00. The molecule has 0 radical (unpaired) electrons. The molecule has 1 aliphatic carbocycles. The van der Waals surface area contributed by atoms with E-state index < -0.39 is 0 Å². The van der Waals surface area contributed by atoms with E-state index in [-0.39, 0.29) is 5.41 Å². The Labute approximate surface area is 90.4 Å².